The van der Waals surface area contributed by atoms with Crippen molar-refractivity contribution in [1.82, 2.24) is 9.88 Å². The van der Waals surface area contributed by atoms with Gasteiger partial charge in [0.1, 0.15) is 5.82 Å². The minimum atomic E-state index is -0.477. The average molecular weight is 349 g/mol. The molecule has 0 radical (unpaired) electrons. The lowest BCUT2D eigenvalue weighted by Crippen LogP contribution is -2.31. The number of benzene rings is 1. The maximum Gasteiger partial charge on any atom is 0.227 e. The van der Waals surface area contributed by atoms with Gasteiger partial charge < -0.3 is 10.0 Å². The number of carbonyl (C=O) groups is 1. The highest BCUT2D eigenvalue weighted by Gasteiger charge is 2.36. The monoisotopic (exact) mass is 348 g/mol. The molecule has 1 aromatic carbocycles. The first-order chi connectivity index (χ1) is 11.6. The Morgan fingerprint density at radius 2 is 2.12 bits per heavy atom. The Kier molecular flexibility index (Phi) is 5.11. The average Bonchev–Trinajstić information content (AvgIpc) is 3.03. The van der Waals surface area contributed by atoms with Gasteiger partial charge in [0.05, 0.1) is 6.42 Å². The molecular weight excluding hydrogens is 331 g/mol. The van der Waals surface area contributed by atoms with Gasteiger partial charge in [-0.3, -0.25) is 9.78 Å². The molecule has 2 heterocycles. The summed E-state index contributed by atoms with van der Waals surface area (Å²) >= 11 is 6.00. The second-order valence-electron chi connectivity index (χ2n) is 5.98. The van der Waals surface area contributed by atoms with Crippen molar-refractivity contribution in [2.24, 2.45) is 5.92 Å². The van der Waals surface area contributed by atoms with Crippen LogP contribution in [0.5, 0.6) is 0 Å². The zero-order valence-electron chi connectivity index (χ0n) is 13.0. The van der Waals surface area contributed by atoms with Crippen molar-refractivity contribution in [3.8, 4) is 0 Å². The van der Waals surface area contributed by atoms with E-state index in [9.17, 15) is 14.3 Å². The molecule has 2 atom stereocenters. The number of pyridine rings is 1. The maximum atomic E-state index is 13.9. The molecule has 1 N–H and O–H groups in total. The molecule has 0 aliphatic carbocycles. The number of nitrogens with zero attached hydrogens (tertiary/aromatic N) is 2. The topological polar surface area (TPSA) is 53.4 Å². The highest BCUT2D eigenvalue weighted by Crippen LogP contribution is 2.32. The van der Waals surface area contributed by atoms with E-state index in [1.165, 1.54) is 12.1 Å². The number of aliphatic hydroxyl groups is 1. The number of carbonyl (C=O) groups excluding carboxylic acids is 1. The first-order valence-corrected chi connectivity index (χ1v) is 8.20. The van der Waals surface area contributed by atoms with Crippen LogP contribution < -0.4 is 0 Å². The van der Waals surface area contributed by atoms with E-state index in [-0.39, 0.29) is 41.4 Å². The van der Waals surface area contributed by atoms with Gasteiger partial charge in [0, 0.05) is 54.0 Å². The van der Waals surface area contributed by atoms with Gasteiger partial charge in [0.25, 0.3) is 0 Å². The van der Waals surface area contributed by atoms with Crippen LogP contribution in [0.25, 0.3) is 0 Å². The van der Waals surface area contributed by atoms with Crippen LogP contribution in [0.2, 0.25) is 5.02 Å². The smallest absolute Gasteiger partial charge is 0.227 e. The van der Waals surface area contributed by atoms with Crippen LogP contribution >= 0.6 is 11.6 Å². The van der Waals surface area contributed by atoms with Crippen molar-refractivity contribution >= 4 is 17.5 Å². The molecule has 4 nitrogen and oxygen atoms in total. The van der Waals surface area contributed by atoms with Crippen LogP contribution in [0.3, 0.4) is 0 Å². The van der Waals surface area contributed by atoms with E-state index in [4.69, 9.17) is 11.6 Å². The number of hydrogen-bond donors (Lipinski definition) is 1. The Morgan fingerprint density at radius 1 is 1.29 bits per heavy atom. The molecule has 24 heavy (non-hydrogen) atoms. The number of likely N-dealkylation sites (tertiary alicyclic amines) is 1. The summed E-state index contributed by atoms with van der Waals surface area (Å²) in [5.74, 6) is -0.759. The largest absolute Gasteiger partial charge is 0.396 e. The third kappa shape index (κ3) is 3.42. The van der Waals surface area contributed by atoms with Crippen LogP contribution in [0.1, 0.15) is 17.2 Å². The number of aromatic nitrogens is 1. The van der Waals surface area contributed by atoms with Crippen LogP contribution in [0.15, 0.2) is 42.6 Å². The van der Waals surface area contributed by atoms with Crippen molar-refractivity contribution in [3.05, 3.63) is 64.7 Å². The first-order valence-electron chi connectivity index (χ1n) is 7.82. The van der Waals surface area contributed by atoms with E-state index in [1.54, 1.807) is 17.2 Å². The highest BCUT2D eigenvalue weighted by molar-refractivity contribution is 6.31. The van der Waals surface area contributed by atoms with Crippen molar-refractivity contribution in [2.75, 3.05) is 19.7 Å². The molecule has 0 bridgehead atoms. The van der Waals surface area contributed by atoms with Crippen LogP contribution in [0, 0.1) is 11.7 Å². The SMILES string of the molecule is O=C(Cc1c(F)cccc1Cl)N1C[C@@H](CO)[C@H](c2ccccn2)C1. The van der Waals surface area contributed by atoms with Crippen molar-refractivity contribution in [1.29, 1.82) is 0 Å². The summed E-state index contributed by atoms with van der Waals surface area (Å²) in [6.07, 6.45) is 1.62. The lowest BCUT2D eigenvalue weighted by Gasteiger charge is -2.17. The molecule has 0 spiro atoms. The van der Waals surface area contributed by atoms with Crippen LogP contribution in [-0.2, 0) is 11.2 Å². The molecule has 1 saturated heterocycles. The summed E-state index contributed by atoms with van der Waals surface area (Å²) in [6.45, 7) is 0.876. The summed E-state index contributed by atoms with van der Waals surface area (Å²) in [5.41, 5.74) is 1.07. The second kappa shape index (κ2) is 7.28. The van der Waals surface area contributed by atoms with Crippen LogP contribution in [0.4, 0.5) is 4.39 Å². The fourth-order valence-electron chi connectivity index (χ4n) is 3.15. The standard InChI is InChI=1S/C18H18ClFN2O2/c19-15-4-3-5-16(20)13(15)8-18(24)22-9-12(11-23)14(10-22)17-6-1-2-7-21-17/h1-7,12,14,23H,8-11H2/t12-,14+/m0/s1. The Balaban J connectivity index is 1.75. The number of amides is 1. The summed E-state index contributed by atoms with van der Waals surface area (Å²) in [6, 6.07) is 10.0. The number of halogens is 2. The summed E-state index contributed by atoms with van der Waals surface area (Å²) in [4.78, 5) is 18.5. The normalized spacial score (nSPS) is 20.4. The van der Waals surface area contributed by atoms with Gasteiger partial charge in [0.2, 0.25) is 5.91 Å². The predicted molar refractivity (Wildman–Crippen MR) is 89.2 cm³/mol. The van der Waals surface area contributed by atoms with Crippen molar-refractivity contribution in [2.45, 2.75) is 12.3 Å². The molecule has 2 aromatic rings. The minimum Gasteiger partial charge on any atom is -0.396 e. The summed E-state index contributed by atoms with van der Waals surface area (Å²) in [7, 11) is 0. The van der Waals surface area contributed by atoms with Gasteiger partial charge >= 0.3 is 0 Å². The van der Waals surface area contributed by atoms with E-state index in [1.807, 2.05) is 18.2 Å². The van der Waals surface area contributed by atoms with Gasteiger partial charge in [-0.2, -0.15) is 0 Å². The van der Waals surface area contributed by atoms with Crippen molar-refractivity contribution < 1.29 is 14.3 Å². The molecular formula is C18H18ClFN2O2. The second-order valence-corrected chi connectivity index (χ2v) is 6.39. The van der Waals surface area contributed by atoms with E-state index in [2.05, 4.69) is 4.98 Å². The lowest BCUT2D eigenvalue weighted by atomic mass is 9.93. The Hall–Kier alpha value is -1.98. The van der Waals surface area contributed by atoms with E-state index in [0.717, 1.165) is 5.69 Å². The Morgan fingerprint density at radius 3 is 2.79 bits per heavy atom. The van der Waals surface area contributed by atoms with Gasteiger partial charge in [-0.25, -0.2) is 4.39 Å². The van der Waals surface area contributed by atoms with Crippen molar-refractivity contribution in [3.63, 3.8) is 0 Å². The third-order valence-corrected chi connectivity index (χ3v) is 4.84. The molecule has 1 aliphatic heterocycles. The van der Waals surface area contributed by atoms with E-state index >= 15 is 0 Å². The van der Waals surface area contributed by atoms with E-state index in [0.29, 0.717) is 13.1 Å². The fraction of sp³-hybridized carbons (Fsp3) is 0.333. The lowest BCUT2D eigenvalue weighted by molar-refractivity contribution is -0.129. The minimum absolute atomic E-state index is 0.0174. The molecule has 6 heteroatoms. The zero-order valence-corrected chi connectivity index (χ0v) is 13.8. The van der Waals surface area contributed by atoms with Gasteiger partial charge in [-0.05, 0) is 24.3 Å². The Bertz CT molecular complexity index is 706. The first kappa shape index (κ1) is 16.9. The summed E-state index contributed by atoms with van der Waals surface area (Å²) < 4.78 is 13.9. The highest BCUT2D eigenvalue weighted by atomic mass is 35.5. The van der Waals surface area contributed by atoms with Crippen LogP contribution in [-0.4, -0.2) is 40.6 Å². The molecule has 0 unspecified atom stereocenters. The molecule has 0 saturated carbocycles. The molecule has 1 amide bonds. The predicted octanol–water partition coefficient (Wildman–Crippen LogP) is 2.65. The number of aliphatic hydroxyl groups excluding tert-OH is 1. The Labute approximate surface area is 144 Å². The van der Waals surface area contributed by atoms with Gasteiger partial charge in [0.15, 0.2) is 0 Å². The number of rotatable bonds is 4. The molecule has 126 valence electrons. The molecule has 3 rings (SSSR count). The van der Waals surface area contributed by atoms with E-state index < -0.39 is 5.82 Å². The maximum absolute atomic E-state index is 13.9. The fourth-order valence-corrected chi connectivity index (χ4v) is 3.38. The number of hydrogen-bond acceptors (Lipinski definition) is 3. The molecule has 1 fully saturated rings. The third-order valence-electron chi connectivity index (χ3n) is 4.49. The van der Waals surface area contributed by atoms with Gasteiger partial charge in [-0.1, -0.05) is 23.7 Å². The van der Waals surface area contributed by atoms with Gasteiger partial charge in [-0.15, -0.1) is 0 Å². The molecule has 1 aromatic heterocycles. The molecule has 1 aliphatic rings. The summed E-state index contributed by atoms with van der Waals surface area (Å²) in [5, 5.41) is 9.88. The quantitative estimate of drug-likeness (QED) is 0.924. The zero-order chi connectivity index (χ0) is 17.1.